The molecule has 4 atom stereocenters. The Morgan fingerprint density at radius 1 is 1.08 bits per heavy atom. The summed E-state index contributed by atoms with van der Waals surface area (Å²) in [6.07, 6.45) is 1.93. The number of hydrogen-bond acceptors (Lipinski definition) is 2. The molecule has 2 aliphatic heterocycles. The summed E-state index contributed by atoms with van der Waals surface area (Å²) in [6.45, 7) is 7.65. The van der Waals surface area contributed by atoms with E-state index in [0.717, 1.165) is 18.7 Å². The lowest BCUT2D eigenvalue weighted by Gasteiger charge is -2.40. The summed E-state index contributed by atoms with van der Waals surface area (Å²) < 4.78 is 0. The standard InChI is InChI=1S/C22H27NO/c1-16-8-9-17(2)20(12-16)22(24,13-18-6-4-3-5-7-18)21-15-23-11-10-19(21)14-23/h3-9,12,19,21,24H,10-11,13-15H2,1-2H3. The largest absolute Gasteiger partial charge is 0.384 e. The Labute approximate surface area is 145 Å². The van der Waals surface area contributed by atoms with Crippen molar-refractivity contribution in [3.05, 3.63) is 70.8 Å². The SMILES string of the molecule is Cc1ccc(C)c(C(O)(Cc2ccccc2)C2CN3CCC2C3)c1. The highest BCUT2D eigenvalue weighted by atomic mass is 16.3. The zero-order valence-electron chi connectivity index (χ0n) is 14.7. The first kappa shape index (κ1) is 15.9. The monoisotopic (exact) mass is 321 g/mol. The molecule has 0 saturated carbocycles. The lowest BCUT2D eigenvalue weighted by Crippen LogP contribution is -2.44. The van der Waals surface area contributed by atoms with Gasteiger partial charge in [-0.15, -0.1) is 0 Å². The van der Waals surface area contributed by atoms with Crippen LogP contribution in [0.25, 0.3) is 0 Å². The zero-order chi connectivity index (χ0) is 16.7. The molecule has 2 saturated heterocycles. The maximum atomic E-state index is 12.0. The number of nitrogens with zero attached hydrogens (tertiary/aromatic N) is 1. The second kappa shape index (κ2) is 6.02. The predicted molar refractivity (Wildman–Crippen MR) is 98.0 cm³/mol. The van der Waals surface area contributed by atoms with Crippen LogP contribution >= 0.6 is 0 Å². The summed E-state index contributed by atoms with van der Waals surface area (Å²) in [4.78, 5) is 2.52. The molecule has 2 aromatic carbocycles. The van der Waals surface area contributed by atoms with Crippen molar-refractivity contribution >= 4 is 0 Å². The fourth-order valence-electron chi connectivity index (χ4n) is 4.86. The maximum absolute atomic E-state index is 12.0. The van der Waals surface area contributed by atoms with Crippen molar-refractivity contribution in [2.24, 2.45) is 11.8 Å². The van der Waals surface area contributed by atoms with E-state index in [9.17, 15) is 5.11 Å². The summed E-state index contributed by atoms with van der Waals surface area (Å²) in [5.74, 6) is 0.950. The van der Waals surface area contributed by atoms with E-state index in [4.69, 9.17) is 0 Å². The van der Waals surface area contributed by atoms with Crippen molar-refractivity contribution in [1.29, 1.82) is 0 Å². The Morgan fingerprint density at radius 2 is 1.88 bits per heavy atom. The van der Waals surface area contributed by atoms with Crippen molar-refractivity contribution in [2.75, 3.05) is 19.6 Å². The molecule has 2 bridgehead atoms. The third-order valence-electron chi connectivity index (χ3n) is 6.12. The Hall–Kier alpha value is -1.64. The van der Waals surface area contributed by atoms with Gasteiger partial charge in [-0.05, 0) is 49.4 Å². The summed E-state index contributed by atoms with van der Waals surface area (Å²) >= 11 is 0. The molecule has 2 nitrogen and oxygen atoms in total. The van der Waals surface area contributed by atoms with Crippen LogP contribution in [0.5, 0.6) is 0 Å². The van der Waals surface area contributed by atoms with Gasteiger partial charge in [0.25, 0.3) is 0 Å². The van der Waals surface area contributed by atoms with Crippen molar-refractivity contribution in [3.8, 4) is 0 Å². The molecule has 4 rings (SSSR count). The second-order valence-corrected chi connectivity index (χ2v) is 7.82. The summed E-state index contributed by atoms with van der Waals surface area (Å²) in [7, 11) is 0. The molecule has 2 aliphatic rings. The Kier molecular flexibility index (Phi) is 3.98. The van der Waals surface area contributed by atoms with Crippen LogP contribution in [0.2, 0.25) is 0 Å². The van der Waals surface area contributed by atoms with Crippen LogP contribution in [-0.4, -0.2) is 29.6 Å². The molecule has 0 aromatic heterocycles. The maximum Gasteiger partial charge on any atom is 0.0982 e. The molecule has 2 heterocycles. The molecule has 4 unspecified atom stereocenters. The first-order chi connectivity index (χ1) is 11.6. The number of piperidine rings is 1. The molecule has 0 amide bonds. The van der Waals surface area contributed by atoms with Crippen LogP contribution in [0.4, 0.5) is 0 Å². The summed E-state index contributed by atoms with van der Waals surface area (Å²) in [5.41, 5.74) is 4.00. The first-order valence-corrected chi connectivity index (χ1v) is 9.12. The second-order valence-electron chi connectivity index (χ2n) is 7.82. The van der Waals surface area contributed by atoms with Crippen LogP contribution in [0, 0.1) is 25.7 Å². The molecule has 0 radical (unpaired) electrons. The minimum Gasteiger partial charge on any atom is -0.384 e. The van der Waals surface area contributed by atoms with Crippen LogP contribution in [0.1, 0.15) is 28.7 Å². The van der Waals surface area contributed by atoms with Gasteiger partial charge in [0, 0.05) is 25.4 Å². The van der Waals surface area contributed by atoms with E-state index in [0.29, 0.717) is 18.3 Å². The Bertz CT molecular complexity index is 726. The van der Waals surface area contributed by atoms with Crippen molar-refractivity contribution in [2.45, 2.75) is 32.3 Å². The van der Waals surface area contributed by atoms with E-state index < -0.39 is 5.60 Å². The van der Waals surface area contributed by atoms with Crippen molar-refractivity contribution < 1.29 is 5.11 Å². The number of benzene rings is 2. The van der Waals surface area contributed by atoms with Gasteiger partial charge in [-0.25, -0.2) is 0 Å². The minimum atomic E-state index is -0.780. The Morgan fingerprint density at radius 3 is 2.54 bits per heavy atom. The van der Waals surface area contributed by atoms with E-state index in [2.05, 4.69) is 61.2 Å². The average molecular weight is 321 g/mol. The number of hydrogen-bond donors (Lipinski definition) is 1. The van der Waals surface area contributed by atoms with E-state index in [1.165, 1.54) is 29.7 Å². The summed E-state index contributed by atoms with van der Waals surface area (Å²) in [5, 5.41) is 12.0. The molecular weight excluding hydrogens is 294 g/mol. The highest BCUT2D eigenvalue weighted by molar-refractivity contribution is 5.38. The van der Waals surface area contributed by atoms with E-state index >= 15 is 0 Å². The smallest absolute Gasteiger partial charge is 0.0982 e. The van der Waals surface area contributed by atoms with Gasteiger partial charge in [-0.1, -0.05) is 54.1 Å². The molecule has 1 N–H and O–H groups in total. The lowest BCUT2D eigenvalue weighted by molar-refractivity contribution is -0.0429. The number of fused-ring (bicyclic) bond motifs is 2. The highest BCUT2D eigenvalue weighted by Gasteiger charge is 2.50. The van der Waals surface area contributed by atoms with E-state index in [1.54, 1.807) is 0 Å². The fourth-order valence-corrected chi connectivity index (χ4v) is 4.86. The lowest BCUT2D eigenvalue weighted by atomic mass is 9.70. The highest BCUT2D eigenvalue weighted by Crippen LogP contribution is 2.46. The van der Waals surface area contributed by atoms with Gasteiger partial charge >= 0.3 is 0 Å². The van der Waals surface area contributed by atoms with Crippen LogP contribution in [0.15, 0.2) is 48.5 Å². The molecule has 126 valence electrons. The van der Waals surface area contributed by atoms with Gasteiger partial charge in [0.15, 0.2) is 0 Å². The Balaban J connectivity index is 1.78. The minimum absolute atomic E-state index is 0.326. The van der Waals surface area contributed by atoms with Gasteiger partial charge in [0.2, 0.25) is 0 Å². The topological polar surface area (TPSA) is 23.5 Å². The molecule has 2 fully saturated rings. The van der Waals surface area contributed by atoms with Crippen molar-refractivity contribution in [3.63, 3.8) is 0 Å². The zero-order valence-corrected chi connectivity index (χ0v) is 14.7. The predicted octanol–water partition coefficient (Wildman–Crippen LogP) is 3.69. The van der Waals surface area contributed by atoms with Crippen LogP contribution in [-0.2, 0) is 12.0 Å². The number of aryl methyl sites for hydroxylation is 2. The van der Waals surface area contributed by atoms with Gasteiger partial charge in [0.1, 0.15) is 0 Å². The molecule has 0 aliphatic carbocycles. The molecule has 24 heavy (non-hydrogen) atoms. The molecular formula is C22H27NO. The van der Waals surface area contributed by atoms with Gasteiger partial charge in [-0.3, -0.25) is 0 Å². The molecule has 0 spiro atoms. The molecule has 2 heteroatoms. The van der Waals surface area contributed by atoms with E-state index in [1.807, 2.05) is 6.07 Å². The van der Waals surface area contributed by atoms with Crippen molar-refractivity contribution in [1.82, 2.24) is 4.90 Å². The quantitative estimate of drug-likeness (QED) is 0.928. The van der Waals surface area contributed by atoms with E-state index in [-0.39, 0.29) is 0 Å². The van der Waals surface area contributed by atoms with Gasteiger partial charge in [-0.2, -0.15) is 0 Å². The third-order valence-corrected chi connectivity index (χ3v) is 6.12. The van der Waals surface area contributed by atoms with Gasteiger partial charge in [0.05, 0.1) is 5.60 Å². The molecule has 2 aromatic rings. The first-order valence-electron chi connectivity index (χ1n) is 9.12. The van der Waals surface area contributed by atoms with Gasteiger partial charge < -0.3 is 10.0 Å². The fraction of sp³-hybridized carbons (Fsp3) is 0.455. The summed E-state index contributed by atoms with van der Waals surface area (Å²) in [6, 6.07) is 17.0. The number of aliphatic hydroxyl groups is 1. The van der Waals surface area contributed by atoms with Crippen LogP contribution in [0.3, 0.4) is 0 Å². The number of rotatable bonds is 4. The average Bonchev–Trinajstić information content (AvgIpc) is 3.21. The van der Waals surface area contributed by atoms with Crippen LogP contribution < -0.4 is 0 Å². The normalized spacial score (nSPS) is 28.0. The third kappa shape index (κ3) is 2.68.